The van der Waals surface area contributed by atoms with Gasteiger partial charge in [-0.15, -0.1) is 0 Å². The molecule has 2 aromatic carbocycles. The van der Waals surface area contributed by atoms with Crippen LogP contribution in [0.25, 0.3) is 0 Å². The molecule has 0 fully saturated rings. The van der Waals surface area contributed by atoms with Gasteiger partial charge < -0.3 is 15.5 Å². The lowest BCUT2D eigenvalue weighted by Gasteiger charge is -2.30. The second-order valence-electron chi connectivity index (χ2n) is 6.87. The minimum Gasteiger partial charge on any atom is -0.398 e. The van der Waals surface area contributed by atoms with E-state index in [2.05, 4.69) is 6.92 Å². The number of carbonyl (C=O) groups is 2. The molecule has 5 heteroatoms. The monoisotopic (exact) mass is 365 g/mol. The van der Waals surface area contributed by atoms with Gasteiger partial charge in [0.25, 0.3) is 11.8 Å². The molecule has 1 aliphatic heterocycles. The second-order valence-corrected chi connectivity index (χ2v) is 6.87. The Balaban J connectivity index is 1.81. The molecule has 0 unspecified atom stereocenters. The van der Waals surface area contributed by atoms with Crippen LogP contribution in [-0.4, -0.2) is 36.3 Å². The molecule has 142 valence electrons. The van der Waals surface area contributed by atoms with Crippen molar-refractivity contribution in [3.8, 4) is 0 Å². The fraction of sp³-hybridized carbons (Fsp3) is 0.364. The maximum atomic E-state index is 13.0. The van der Waals surface area contributed by atoms with Crippen molar-refractivity contribution < 1.29 is 9.59 Å². The number of fused-ring (bicyclic) bond motifs is 1. The van der Waals surface area contributed by atoms with Crippen LogP contribution in [0.3, 0.4) is 0 Å². The average Bonchev–Trinajstić information content (AvgIpc) is 2.71. The van der Waals surface area contributed by atoms with Crippen molar-refractivity contribution in [2.75, 3.05) is 30.3 Å². The average molecular weight is 365 g/mol. The van der Waals surface area contributed by atoms with Gasteiger partial charge in [-0.2, -0.15) is 0 Å². The van der Waals surface area contributed by atoms with Crippen molar-refractivity contribution in [1.29, 1.82) is 0 Å². The highest BCUT2D eigenvalue weighted by molar-refractivity contribution is 6.07. The van der Waals surface area contributed by atoms with Gasteiger partial charge in [0.15, 0.2) is 0 Å². The smallest absolute Gasteiger partial charge is 0.258 e. The summed E-state index contributed by atoms with van der Waals surface area (Å²) in [6.45, 7) is 6.13. The first kappa shape index (κ1) is 19.0. The molecule has 0 saturated carbocycles. The molecule has 1 aliphatic rings. The Morgan fingerprint density at radius 1 is 1.07 bits per heavy atom. The summed E-state index contributed by atoms with van der Waals surface area (Å²) < 4.78 is 0. The molecule has 0 aliphatic carbocycles. The maximum absolute atomic E-state index is 13.0. The molecule has 0 bridgehead atoms. The number of rotatable bonds is 5. The van der Waals surface area contributed by atoms with Gasteiger partial charge in [0.05, 0.1) is 0 Å². The first-order chi connectivity index (χ1) is 13.1. The van der Waals surface area contributed by atoms with E-state index in [0.29, 0.717) is 24.2 Å². The van der Waals surface area contributed by atoms with Crippen molar-refractivity contribution in [2.45, 2.75) is 33.1 Å². The normalized spacial score (nSPS) is 13.2. The van der Waals surface area contributed by atoms with Crippen LogP contribution in [0.4, 0.5) is 11.4 Å². The Hall–Kier alpha value is -2.82. The SMILES string of the molecule is CCCN(CC)C(=O)c1ccc(C(=O)N2CCCc3c(N)cccc32)cc1. The van der Waals surface area contributed by atoms with Crippen molar-refractivity contribution >= 4 is 23.2 Å². The van der Waals surface area contributed by atoms with Crippen LogP contribution in [0, 0.1) is 0 Å². The highest BCUT2D eigenvalue weighted by atomic mass is 16.2. The minimum absolute atomic E-state index is 0.00874. The fourth-order valence-corrected chi connectivity index (χ4v) is 3.63. The Morgan fingerprint density at radius 3 is 2.44 bits per heavy atom. The predicted molar refractivity (Wildman–Crippen MR) is 109 cm³/mol. The van der Waals surface area contributed by atoms with Gasteiger partial charge in [0.2, 0.25) is 0 Å². The fourth-order valence-electron chi connectivity index (χ4n) is 3.63. The molecule has 27 heavy (non-hydrogen) atoms. The van der Waals surface area contributed by atoms with Crippen LogP contribution in [0.1, 0.15) is 53.0 Å². The number of nitrogen functional groups attached to an aromatic ring is 1. The molecule has 0 atom stereocenters. The Morgan fingerprint density at radius 2 is 1.78 bits per heavy atom. The highest BCUT2D eigenvalue weighted by Crippen LogP contribution is 2.32. The highest BCUT2D eigenvalue weighted by Gasteiger charge is 2.25. The first-order valence-electron chi connectivity index (χ1n) is 9.65. The van der Waals surface area contributed by atoms with E-state index in [1.54, 1.807) is 29.2 Å². The topological polar surface area (TPSA) is 66.6 Å². The summed E-state index contributed by atoms with van der Waals surface area (Å²) in [4.78, 5) is 29.2. The van der Waals surface area contributed by atoms with Crippen molar-refractivity contribution in [3.63, 3.8) is 0 Å². The molecule has 0 aromatic heterocycles. The third-order valence-electron chi connectivity index (χ3n) is 5.07. The molecule has 2 amide bonds. The molecule has 5 nitrogen and oxygen atoms in total. The molecule has 2 aromatic rings. The Kier molecular flexibility index (Phi) is 5.79. The van der Waals surface area contributed by atoms with Gasteiger partial charge in [0.1, 0.15) is 0 Å². The van der Waals surface area contributed by atoms with Crippen molar-refractivity contribution in [3.05, 3.63) is 59.2 Å². The van der Waals surface area contributed by atoms with Crippen LogP contribution in [0.15, 0.2) is 42.5 Å². The summed E-state index contributed by atoms with van der Waals surface area (Å²) in [5.41, 5.74) is 9.96. The van der Waals surface area contributed by atoms with Gasteiger partial charge in [0, 0.05) is 42.1 Å². The molecule has 1 heterocycles. The number of nitrogens with two attached hydrogens (primary N) is 1. The summed E-state index contributed by atoms with van der Waals surface area (Å²) >= 11 is 0. The minimum atomic E-state index is -0.0542. The summed E-state index contributed by atoms with van der Waals surface area (Å²) in [7, 11) is 0. The van der Waals surface area contributed by atoms with Gasteiger partial charge in [-0.1, -0.05) is 13.0 Å². The van der Waals surface area contributed by atoms with Crippen LogP contribution in [-0.2, 0) is 6.42 Å². The third-order valence-corrected chi connectivity index (χ3v) is 5.07. The summed E-state index contributed by atoms with van der Waals surface area (Å²) in [5.74, 6) is -0.0455. The van der Waals surface area contributed by atoms with E-state index in [4.69, 9.17) is 5.73 Å². The van der Waals surface area contributed by atoms with E-state index in [-0.39, 0.29) is 11.8 Å². The van der Waals surface area contributed by atoms with E-state index in [0.717, 1.165) is 42.7 Å². The lowest BCUT2D eigenvalue weighted by Crippen LogP contribution is -2.36. The zero-order valence-electron chi connectivity index (χ0n) is 16.1. The number of hydrogen-bond donors (Lipinski definition) is 1. The number of hydrogen-bond acceptors (Lipinski definition) is 3. The summed E-state index contributed by atoms with van der Waals surface area (Å²) in [6.07, 6.45) is 2.71. The number of carbonyl (C=O) groups excluding carboxylic acids is 2. The molecule has 3 rings (SSSR count). The van der Waals surface area contributed by atoms with Gasteiger partial charge in [-0.05, 0) is 68.1 Å². The lowest BCUT2D eigenvalue weighted by molar-refractivity contribution is 0.0764. The van der Waals surface area contributed by atoms with Crippen LogP contribution in [0.5, 0.6) is 0 Å². The Labute approximate surface area is 160 Å². The van der Waals surface area contributed by atoms with Crippen molar-refractivity contribution in [2.24, 2.45) is 0 Å². The van der Waals surface area contributed by atoms with E-state index < -0.39 is 0 Å². The van der Waals surface area contributed by atoms with Gasteiger partial charge in [-0.25, -0.2) is 0 Å². The summed E-state index contributed by atoms with van der Waals surface area (Å²) in [5, 5.41) is 0. The zero-order valence-corrected chi connectivity index (χ0v) is 16.1. The van der Waals surface area contributed by atoms with Crippen LogP contribution < -0.4 is 10.6 Å². The van der Waals surface area contributed by atoms with E-state index in [1.807, 2.05) is 30.0 Å². The summed E-state index contributed by atoms with van der Waals surface area (Å²) in [6, 6.07) is 12.7. The largest absolute Gasteiger partial charge is 0.398 e. The lowest BCUT2D eigenvalue weighted by atomic mass is 9.99. The van der Waals surface area contributed by atoms with Crippen molar-refractivity contribution in [1.82, 2.24) is 4.90 Å². The van der Waals surface area contributed by atoms with E-state index >= 15 is 0 Å². The molecule has 0 radical (unpaired) electrons. The molecular formula is C22H27N3O2. The molecule has 0 spiro atoms. The quantitative estimate of drug-likeness (QED) is 0.821. The predicted octanol–water partition coefficient (Wildman–Crippen LogP) is 3.73. The molecule has 2 N–H and O–H groups in total. The van der Waals surface area contributed by atoms with Crippen LogP contribution in [0.2, 0.25) is 0 Å². The maximum Gasteiger partial charge on any atom is 0.258 e. The van der Waals surface area contributed by atoms with Crippen LogP contribution >= 0.6 is 0 Å². The number of benzene rings is 2. The van der Waals surface area contributed by atoms with E-state index in [9.17, 15) is 9.59 Å². The standard InChI is InChI=1S/C22H27N3O2/c1-3-14-24(4-2)21(26)16-10-12-17(13-11-16)22(27)25-15-6-7-18-19(23)8-5-9-20(18)25/h5,8-13H,3-4,6-7,14-15,23H2,1-2H3. The number of anilines is 2. The van der Waals surface area contributed by atoms with E-state index in [1.165, 1.54) is 0 Å². The Bertz CT molecular complexity index is 830. The number of nitrogens with zero attached hydrogens (tertiary/aromatic N) is 2. The molecular weight excluding hydrogens is 338 g/mol. The zero-order chi connectivity index (χ0) is 19.4. The van der Waals surface area contributed by atoms with Gasteiger partial charge >= 0.3 is 0 Å². The first-order valence-corrected chi connectivity index (χ1v) is 9.65. The van der Waals surface area contributed by atoms with Gasteiger partial charge in [-0.3, -0.25) is 9.59 Å². The third kappa shape index (κ3) is 3.82. The molecule has 0 saturated heterocycles. The number of amides is 2. The second kappa shape index (κ2) is 8.25.